The van der Waals surface area contributed by atoms with Gasteiger partial charge in [-0.15, -0.1) is 0 Å². The lowest BCUT2D eigenvalue weighted by Crippen LogP contribution is -2.30. The maximum Gasteiger partial charge on any atom is 0.472 e. The summed E-state index contributed by atoms with van der Waals surface area (Å²) in [7, 11) is -9.92. The summed E-state index contributed by atoms with van der Waals surface area (Å²) in [5, 5.41) is 10.6. The van der Waals surface area contributed by atoms with Crippen molar-refractivity contribution in [3.8, 4) is 0 Å². The van der Waals surface area contributed by atoms with E-state index in [2.05, 4.69) is 48.5 Å². The van der Waals surface area contributed by atoms with E-state index in [0.717, 1.165) is 108 Å². The van der Waals surface area contributed by atoms with Crippen molar-refractivity contribution in [3.63, 3.8) is 0 Å². The fourth-order valence-corrected chi connectivity index (χ4v) is 13.7. The van der Waals surface area contributed by atoms with Crippen LogP contribution in [0.25, 0.3) is 0 Å². The Morgan fingerprint density at radius 1 is 0.296 bits per heavy atom. The van der Waals surface area contributed by atoms with E-state index in [9.17, 15) is 43.2 Å². The van der Waals surface area contributed by atoms with Crippen LogP contribution in [-0.4, -0.2) is 96.7 Å². The van der Waals surface area contributed by atoms with E-state index in [1.165, 1.54) is 218 Å². The van der Waals surface area contributed by atoms with Gasteiger partial charge in [0.05, 0.1) is 26.4 Å². The summed E-state index contributed by atoms with van der Waals surface area (Å²) < 4.78 is 68.7. The minimum absolute atomic E-state index is 0.106. The second-order valence-corrected chi connectivity index (χ2v) is 32.6. The van der Waals surface area contributed by atoms with Crippen LogP contribution in [0.5, 0.6) is 0 Å². The zero-order valence-corrected chi connectivity index (χ0v) is 66.0. The van der Waals surface area contributed by atoms with Gasteiger partial charge in [-0.25, -0.2) is 9.13 Å². The van der Waals surface area contributed by atoms with E-state index in [1.807, 2.05) is 0 Å². The third-order valence-corrected chi connectivity index (χ3v) is 20.6. The second-order valence-electron chi connectivity index (χ2n) is 29.6. The first-order chi connectivity index (χ1) is 47.3. The molecule has 19 heteroatoms. The molecule has 0 saturated heterocycles. The Kier molecular flexibility index (Phi) is 68.1. The van der Waals surface area contributed by atoms with Crippen LogP contribution in [0.1, 0.15) is 408 Å². The number of ether oxygens (including phenoxy) is 4. The van der Waals surface area contributed by atoms with Gasteiger partial charge >= 0.3 is 39.5 Å². The van der Waals surface area contributed by atoms with Crippen molar-refractivity contribution in [3.05, 3.63) is 0 Å². The predicted octanol–water partition coefficient (Wildman–Crippen LogP) is 23.4. The highest BCUT2D eigenvalue weighted by Crippen LogP contribution is 2.45. The molecule has 0 aliphatic rings. The zero-order valence-electron chi connectivity index (χ0n) is 64.3. The average Bonchev–Trinajstić information content (AvgIpc) is 0.936. The standard InChI is InChI=1S/C79H154O17P2/c1-8-10-11-12-13-14-22-32-39-46-53-60-76(81)89-66-75(96-79(84)63-56-49-42-35-28-27-31-38-45-52-59-72(7)9-2)69-94-98(87,88)92-65-73(80)64-91-97(85,86)93-68-74(67-90-77(82)61-54-47-40-33-25-21-20-24-30-37-44-51-58-71(5)6)95-78(83)62-55-48-41-34-26-19-17-15-16-18-23-29-36-43-50-57-70(3)4/h70-75,80H,8-69H2,1-7H3,(H,85,86)(H,87,88)/t72?,73-,74-,75-/m1/s1. The molecule has 0 aliphatic carbocycles. The van der Waals surface area contributed by atoms with Gasteiger partial charge in [-0.3, -0.25) is 37.3 Å². The zero-order chi connectivity index (χ0) is 72.3. The maximum atomic E-state index is 13.1. The SMILES string of the molecule is CCCCCCCCCCCCCC(=O)OC[C@H](COP(=O)(O)OC[C@H](O)COP(=O)(O)OC[C@@H](COC(=O)CCCCCCCCCCCCCCC(C)C)OC(=O)CCCCCCCCCCCCCCCCCC(C)C)OC(=O)CCCCCCCCCCCCC(C)CC. The molecule has 0 saturated carbocycles. The number of phosphoric ester groups is 2. The summed E-state index contributed by atoms with van der Waals surface area (Å²) in [4.78, 5) is 73.0. The van der Waals surface area contributed by atoms with E-state index < -0.39 is 97.5 Å². The normalized spacial score (nSPS) is 14.3. The number of aliphatic hydroxyl groups excluding tert-OH is 1. The molecule has 0 bridgehead atoms. The highest BCUT2D eigenvalue weighted by atomic mass is 31.2. The van der Waals surface area contributed by atoms with Crippen LogP contribution in [0.2, 0.25) is 0 Å². The van der Waals surface area contributed by atoms with Gasteiger partial charge in [0, 0.05) is 25.7 Å². The number of phosphoric acid groups is 2. The van der Waals surface area contributed by atoms with Crippen LogP contribution in [0, 0.1) is 17.8 Å². The Balaban J connectivity index is 5.26. The number of esters is 4. The predicted molar refractivity (Wildman–Crippen MR) is 400 cm³/mol. The molecule has 0 aromatic carbocycles. The molecular weight excluding hydrogens is 1280 g/mol. The Morgan fingerprint density at radius 2 is 0.520 bits per heavy atom. The summed E-state index contributed by atoms with van der Waals surface area (Å²) in [5.74, 6) is 0.275. The van der Waals surface area contributed by atoms with E-state index in [1.54, 1.807) is 0 Å². The van der Waals surface area contributed by atoms with Crippen molar-refractivity contribution in [1.82, 2.24) is 0 Å². The van der Waals surface area contributed by atoms with Gasteiger partial charge < -0.3 is 33.8 Å². The minimum atomic E-state index is -4.96. The van der Waals surface area contributed by atoms with Gasteiger partial charge in [-0.2, -0.15) is 0 Å². The summed E-state index contributed by atoms with van der Waals surface area (Å²) in [5.41, 5.74) is 0. The highest BCUT2D eigenvalue weighted by Gasteiger charge is 2.30. The Hall–Kier alpha value is -1.94. The highest BCUT2D eigenvalue weighted by molar-refractivity contribution is 7.47. The van der Waals surface area contributed by atoms with Crippen LogP contribution in [0.3, 0.4) is 0 Å². The fraction of sp³-hybridized carbons (Fsp3) is 0.949. The molecule has 3 unspecified atom stereocenters. The van der Waals surface area contributed by atoms with Crippen molar-refractivity contribution in [2.45, 2.75) is 426 Å². The number of hydrogen-bond donors (Lipinski definition) is 3. The van der Waals surface area contributed by atoms with Gasteiger partial charge in [-0.05, 0) is 43.4 Å². The minimum Gasteiger partial charge on any atom is -0.462 e. The molecule has 3 N–H and O–H groups in total. The maximum absolute atomic E-state index is 13.1. The number of hydrogen-bond acceptors (Lipinski definition) is 15. The van der Waals surface area contributed by atoms with Crippen molar-refractivity contribution in [2.75, 3.05) is 39.6 Å². The molecule has 0 heterocycles. The summed E-state index contributed by atoms with van der Waals surface area (Å²) in [6.45, 7) is 12.0. The smallest absolute Gasteiger partial charge is 0.462 e. The van der Waals surface area contributed by atoms with Crippen LogP contribution in [0.4, 0.5) is 0 Å². The van der Waals surface area contributed by atoms with Crippen molar-refractivity contribution in [1.29, 1.82) is 0 Å². The largest absolute Gasteiger partial charge is 0.472 e. The van der Waals surface area contributed by atoms with E-state index in [0.29, 0.717) is 25.7 Å². The molecule has 0 aliphatic heterocycles. The molecule has 0 aromatic rings. The number of aliphatic hydroxyl groups is 1. The number of unbranched alkanes of at least 4 members (excludes halogenated alkanes) is 44. The molecule has 0 amide bonds. The molecular formula is C79H154O17P2. The molecule has 0 rings (SSSR count). The summed E-state index contributed by atoms with van der Waals surface area (Å²) in [6.07, 6.45) is 56.7. The molecule has 98 heavy (non-hydrogen) atoms. The number of carbonyl (C=O) groups excluding carboxylic acids is 4. The van der Waals surface area contributed by atoms with Gasteiger partial charge in [0.1, 0.15) is 19.3 Å². The molecule has 6 atom stereocenters. The Morgan fingerprint density at radius 3 is 0.776 bits per heavy atom. The van der Waals surface area contributed by atoms with Crippen molar-refractivity contribution in [2.24, 2.45) is 17.8 Å². The molecule has 0 radical (unpaired) electrons. The third-order valence-electron chi connectivity index (χ3n) is 18.7. The van der Waals surface area contributed by atoms with Crippen LogP contribution >= 0.6 is 15.6 Å². The Labute approximate surface area is 600 Å². The summed E-state index contributed by atoms with van der Waals surface area (Å²) in [6, 6.07) is 0. The first kappa shape index (κ1) is 96.1. The van der Waals surface area contributed by atoms with Gasteiger partial charge in [0.2, 0.25) is 0 Å². The lowest BCUT2D eigenvalue weighted by molar-refractivity contribution is -0.161. The van der Waals surface area contributed by atoms with E-state index in [-0.39, 0.29) is 25.7 Å². The first-order valence-corrected chi connectivity index (χ1v) is 43.9. The lowest BCUT2D eigenvalue weighted by atomic mass is 9.99. The van der Waals surface area contributed by atoms with Crippen molar-refractivity contribution >= 4 is 39.5 Å². The quantitative estimate of drug-likeness (QED) is 0.0222. The van der Waals surface area contributed by atoms with Crippen molar-refractivity contribution < 1.29 is 80.2 Å². The molecule has 0 fully saturated rings. The molecule has 0 aromatic heterocycles. The van der Waals surface area contributed by atoms with Crippen LogP contribution < -0.4 is 0 Å². The molecule has 582 valence electrons. The number of carbonyl (C=O) groups is 4. The van der Waals surface area contributed by atoms with Gasteiger partial charge in [0.25, 0.3) is 0 Å². The first-order valence-electron chi connectivity index (χ1n) is 40.9. The summed E-state index contributed by atoms with van der Waals surface area (Å²) >= 11 is 0. The van der Waals surface area contributed by atoms with Crippen LogP contribution in [-0.2, 0) is 65.4 Å². The monoisotopic (exact) mass is 1440 g/mol. The number of rotatable bonds is 77. The van der Waals surface area contributed by atoms with Gasteiger partial charge in [0.15, 0.2) is 12.2 Å². The second kappa shape index (κ2) is 69.4. The fourth-order valence-electron chi connectivity index (χ4n) is 12.1. The third kappa shape index (κ3) is 71.1. The van der Waals surface area contributed by atoms with Crippen LogP contribution in [0.15, 0.2) is 0 Å². The average molecular weight is 1440 g/mol. The Bertz CT molecular complexity index is 1910. The molecule has 0 spiro atoms. The van der Waals surface area contributed by atoms with Gasteiger partial charge in [-0.1, -0.05) is 357 Å². The van der Waals surface area contributed by atoms with E-state index in [4.69, 9.17) is 37.0 Å². The molecule has 17 nitrogen and oxygen atoms in total. The topological polar surface area (TPSA) is 237 Å². The van der Waals surface area contributed by atoms with E-state index >= 15 is 0 Å². The lowest BCUT2D eigenvalue weighted by Gasteiger charge is -2.21.